The fraction of sp³-hybridized carbons (Fsp3) is 1.00. The van der Waals surface area contributed by atoms with Crippen molar-refractivity contribution < 1.29 is 69.5 Å². The van der Waals surface area contributed by atoms with Crippen LogP contribution in [0.25, 0.3) is 0 Å². The Balaban J connectivity index is 0. The molecular weight excluding hydrogens is 411 g/mol. The first-order valence-corrected chi connectivity index (χ1v) is 13.5. The predicted octanol–water partition coefficient (Wildman–Crippen LogP) is 3.72. The van der Waals surface area contributed by atoms with Gasteiger partial charge in [-0.2, -0.15) is 0 Å². The summed E-state index contributed by atoms with van der Waals surface area (Å²) in [6.45, 7) is 4.31. The Morgan fingerprint density at radius 2 is 0.966 bits per heavy atom. The molecule has 0 rings (SSSR count). The monoisotopic (exact) mass is 458 g/mol. The zero-order valence-electron chi connectivity index (χ0n) is 19.7. The average Bonchev–Trinajstić information content (AvgIpc) is 2.64. The van der Waals surface area contributed by atoms with Crippen molar-refractivity contribution in [3.63, 3.8) is 0 Å². The molecule has 0 aromatic heterocycles. The Hall–Kier alpha value is 1.51. The molecule has 0 bridgehead atoms. The van der Waals surface area contributed by atoms with Gasteiger partial charge in [0.1, 0.15) is 0 Å². The minimum atomic E-state index is -4.21. The van der Waals surface area contributed by atoms with Crippen LogP contribution in [0.3, 0.4) is 0 Å². The molecule has 0 amide bonds. The van der Waals surface area contributed by atoms with Crippen molar-refractivity contribution in [2.24, 2.45) is 0 Å². The summed E-state index contributed by atoms with van der Waals surface area (Å²) in [4.78, 5) is 0. The molecule has 0 aliphatic heterocycles. The first-order chi connectivity index (χ1) is 13.4. The van der Waals surface area contributed by atoms with E-state index >= 15 is 0 Å². The molecule has 0 fully saturated rings. The van der Waals surface area contributed by atoms with Gasteiger partial charge in [-0.1, -0.05) is 104 Å². The van der Waals surface area contributed by atoms with Crippen molar-refractivity contribution in [1.82, 2.24) is 0 Å². The minimum Gasteiger partial charge on any atom is -0.748 e. The Kier molecular flexibility index (Phi) is 25.6. The van der Waals surface area contributed by atoms with Crippen LogP contribution in [0.2, 0.25) is 0 Å². The fourth-order valence-electron chi connectivity index (χ4n) is 3.82. The van der Waals surface area contributed by atoms with Gasteiger partial charge in [0.15, 0.2) is 0 Å². The van der Waals surface area contributed by atoms with E-state index < -0.39 is 15.4 Å². The Morgan fingerprint density at radius 1 is 0.621 bits per heavy atom. The van der Waals surface area contributed by atoms with E-state index in [4.69, 9.17) is 0 Å². The molecule has 29 heavy (non-hydrogen) atoms. The molecule has 0 aliphatic rings. The van der Waals surface area contributed by atoms with Crippen LogP contribution in [-0.2, 0) is 10.1 Å². The summed E-state index contributed by atoms with van der Waals surface area (Å²) in [5.74, 6) is 0. The molecule has 0 saturated heterocycles. The van der Waals surface area contributed by atoms with Gasteiger partial charge in [-0.15, -0.1) is 0 Å². The standard InChI is InChI=1S/C23H48O4S.K/c1-3-5-7-8-9-10-11-12-13-14-16-18-22(24)19-17-21-23(28(25,26)27)20-15-6-4-2;/h22-24H,3-21H2,1-2H3,(H,25,26,27);/q;+1/p-1. The summed E-state index contributed by atoms with van der Waals surface area (Å²) in [6.07, 6.45) is 19.6. The number of rotatable bonds is 21. The zero-order valence-corrected chi connectivity index (χ0v) is 23.6. The third kappa shape index (κ3) is 22.5. The second kappa shape index (κ2) is 22.7. The summed E-state index contributed by atoms with van der Waals surface area (Å²) in [7, 11) is -4.21. The largest absolute Gasteiger partial charge is 1.00 e. The molecule has 4 nitrogen and oxygen atoms in total. The second-order valence-corrected chi connectivity index (χ2v) is 10.2. The first-order valence-electron chi connectivity index (χ1n) is 12.0. The predicted molar refractivity (Wildman–Crippen MR) is 119 cm³/mol. The van der Waals surface area contributed by atoms with Crippen LogP contribution in [0.5, 0.6) is 0 Å². The maximum Gasteiger partial charge on any atom is 1.00 e. The minimum absolute atomic E-state index is 0. The Morgan fingerprint density at radius 3 is 1.45 bits per heavy atom. The maximum absolute atomic E-state index is 11.4. The van der Waals surface area contributed by atoms with E-state index in [9.17, 15) is 18.1 Å². The molecule has 170 valence electrons. The molecule has 6 heteroatoms. The van der Waals surface area contributed by atoms with Crippen LogP contribution in [0.1, 0.15) is 136 Å². The van der Waals surface area contributed by atoms with Crippen molar-refractivity contribution in [1.29, 1.82) is 0 Å². The smallest absolute Gasteiger partial charge is 0.748 e. The van der Waals surface area contributed by atoms with Crippen LogP contribution < -0.4 is 51.4 Å². The van der Waals surface area contributed by atoms with E-state index in [1.807, 2.05) is 0 Å². The van der Waals surface area contributed by atoms with Gasteiger partial charge in [0, 0.05) is 5.25 Å². The fourth-order valence-corrected chi connectivity index (χ4v) is 4.74. The summed E-state index contributed by atoms with van der Waals surface area (Å²) in [5, 5.41) is 9.32. The summed E-state index contributed by atoms with van der Waals surface area (Å²) >= 11 is 0. The molecule has 0 heterocycles. The Bertz CT molecular complexity index is 429. The van der Waals surface area contributed by atoms with Gasteiger partial charge >= 0.3 is 51.4 Å². The van der Waals surface area contributed by atoms with Crippen LogP contribution in [-0.4, -0.2) is 29.4 Å². The van der Waals surface area contributed by atoms with E-state index in [1.165, 1.54) is 64.2 Å². The maximum atomic E-state index is 11.4. The number of hydrogen-bond donors (Lipinski definition) is 1. The average molecular weight is 459 g/mol. The van der Waals surface area contributed by atoms with Crippen molar-refractivity contribution in [3.8, 4) is 0 Å². The third-order valence-electron chi connectivity index (χ3n) is 5.74. The number of aliphatic hydroxyl groups is 1. The molecule has 1 N–H and O–H groups in total. The first kappa shape index (κ1) is 32.7. The van der Waals surface area contributed by atoms with E-state index in [1.54, 1.807) is 0 Å². The molecule has 2 unspecified atom stereocenters. The van der Waals surface area contributed by atoms with Crippen molar-refractivity contribution in [3.05, 3.63) is 0 Å². The van der Waals surface area contributed by atoms with Crippen molar-refractivity contribution in [2.45, 2.75) is 147 Å². The van der Waals surface area contributed by atoms with E-state index in [0.29, 0.717) is 25.7 Å². The molecule has 0 radical (unpaired) electrons. The van der Waals surface area contributed by atoms with E-state index in [-0.39, 0.29) is 57.5 Å². The van der Waals surface area contributed by atoms with Crippen LogP contribution in [0, 0.1) is 0 Å². The topological polar surface area (TPSA) is 77.4 Å². The second-order valence-electron chi connectivity index (χ2n) is 8.52. The van der Waals surface area contributed by atoms with Gasteiger partial charge in [-0.3, -0.25) is 0 Å². The van der Waals surface area contributed by atoms with Gasteiger partial charge in [-0.05, 0) is 32.1 Å². The summed E-state index contributed by atoms with van der Waals surface area (Å²) in [6, 6.07) is 0. The number of aliphatic hydroxyl groups excluding tert-OH is 1. The normalized spacial score (nSPS) is 13.8. The molecule has 2 atom stereocenters. The molecule has 0 aromatic rings. The molecular formula is C23H47KO4S. The van der Waals surface area contributed by atoms with Crippen LogP contribution >= 0.6 is 0 Å². The molecule has 0 aromatic carbocycles. The number of hydrogen-bond acceptors (Lipinski definition) is 4. The Labute approximate surface area is 224 Å². The van der Waals surface area contributed by atoms with Crippen molar-refractivity contribution >= 4 is 10.1 Å². The molecule has 0 aliphatic carbocycles. The zero-order chi connectivity index (χ0) is 21.1. The van der Waals surface area contributed by atoms with Gasteiger partial charge in [-0.25, -0.2) is 8.42 Å². The van der Waals surface area contributed by atoms with Gasteiger partial charge in [0.05, 0.1) is 16.2 Å². The number of unbranched alkanes of at least 4 members (excludes halogenated alkanes) is 12. The molecule has 0 spiro atoms. The van der Waals surface area contributed by atoms with Crippen LogP contribution in [0.15, 0.2) is 0 Å². The van der Waals surface area contributed by atoms with Crippen LogP contribution in [0.4, 0.5) is 0 Å². The third-order valence-corrected chi connectivity index (χ3v) is 7.03. The van der Waals surface area contributed by atoms with Gasteiger partial charge in [0.2, 0.25) is 0 Å². The van der Waals surface area contributed by atoms with Gasteiger partial charge < -0.3 is 9.66 Å². The summed E-state index contributed by atoms with van der Waals surface area (Å²) < 4.78 is 34.1. The van der Waals surface area contributed by atoms with E-state index in [2.05, 4.69) is 13.8 Å². The molecule has 0 saturated carbocycles. The van der Waals surface area contributed by atoms with E-state index in [0.717, 1.165) is 32.1 Å². The summed E-state index contributed by atoms with van der Waals surface area (Å²) in [5.41, 5.74) is 0. The quantitative estimate of drug-likeness (QED) is 0.162. The SMILES string of the molecule is CCCCCCCCCCCCCC(O)CCCC(CCCCC)S(=O)(=O)[O-].[K+]. The van der Waals surface area contributed by atoms with Gasteiger partial charge in [0.25, 0.3) is 0 Å². The van der Waals surface area contributed by atoms with Crippen molar-refractivity contribution in [2.75, 3.05) is 0 Å².